The van der Waals surface area contributed by atoms with E-state index in [2.05, 4.69) is 12.4 Å². The van der Waals surface area contributed by atoms with E-state index in [1.807, 2.05) is 12.1 Å². The van der Waals surface area contributed by atoms with Crippen molar-refractivity contribution in [3.8, 4) is 0 Å². The predicted octanol–water partition coefficient (Wildman–Crippen LogP) is 3.64. The first-order valence-corrected chi connectivity index (χ1v) is 7.58. The van der Waals surface area contributed by atoms with E-state index in [0.29, 0.717) is 11.0 Å². The molecule has 19 heavy (non-hydrogen) atoms. The molecule has 102 valence electrons. The summed E-state index contributed by atoms with van der Waals surface area (Å²) in [5, 5.41) is 3.64. The van der Waals surface area contributed by atoms with Crippen LogP contribution in [0.3, 0.4) is 0 Å². The minimum atomic E-state index is -0.114. The summed E-state index contributed by atoms with van der Waals surface area (Å²) in [5.74, 6) is 1.63. The van der Waals surface area contributed by atoms with Crippen LogP contribution in [0.2, 0.25) is 0 Å². The van der Waals surface area contributed by atoms with Crippen molar-refractivity contribution < 1.29 is 4.39 Å². The second-order valence-electron chi connectivity index (χ2n) is 7.28. The van der Waals surface area contributed by atoms with Crippen LogP contribution < -0.4 is 5.32 Å². The summed E-state index contributed by atoms with van der Waals surface area (Å²) in [7, 11) is 2.13. The maximum atomic E-state index is 13.2. The molecule has 1 aromatic carbocycles. The fourth-order valence-corrected chi connectivity index (χ4v) is 5.70. The Morgan fingerprint density at radius 3 is 2.26 bits per heavy atom. The van der Waals surface area contributed by atoms with Gasteiger partial charge in [-0.2, -0.15) is 0 Å². The lowest BCUT2D eigenvalue weighted by Gasteiger charge is -2.62. The van der Waals surface area contributed by atoms with Gasteiger partial charge in [-0.05, 0) is 80.5 Å². The van der Waals surface area contributed by atoms with Crippen LogP contribution >= 0.6 is 0 Å². The number of rotatable bonds is 2. The number of halogens is 1. The standard InChI is InChI=1S/C17H22FN/c1-19-17-9-12-6-13(10-17)8-16(7-12,11-17)14-2-4-15(18)5-3-14/h2-5,12-13,19H,6-11H2,1H3. The summed E-state index contributed by atoms with van der Waals surface area (Å²) in [5.41, 5.74) is 2.06. The van der Waals surface area contributed by atoms with Crippen molar-refractivity contribution in [1.82, 2.24) is 5.32 Å². The Hall–Kier alpha value is -0.890. The maximum Gasteiger partial charge on any atom is 0.123 e. The van der Waals surface area contributed by atoms with Gasteiger partial charge in [-0.25, -0.2) is 4.39 Å². The third-order valence-corrected chi connectivity index (χ3v) is 6.05. The first-order valence-electron chi connectivity index (χ1n) is 7.58. The van der Waals surface area contributed by atoms with Crippen LogP contribution in [0.15, 0.2) is 24.3 Å². The lowest BCUT2D eigenvalue weighted by Crippen LogP contribution is -2.62. The van der Waals surface area contributed by atoms with E-state index in [1.165, 1.54) is 44.1 Å². The zero-order valence-corrected chi connectivity index (χ0v) is 11.6. The predicted molar refractivity (Wildman–Crippen MR) is 74.6 cm³/mol. The molecule has 4 aliphatic carbocycles. The molecular weight excluding hydrogens is 237 g/mol. The minimum absolute atomic E-state index is 0.114. The number of hydrogen-bond donors (Lipinski definition) is 1. The topological polar surface area (TPSA) is 12.0 Å². The van der Waals surface area contributed by atoms with Crippen LogP contribution in [0, 0.1) is 17.7 Å². The van der Waals surface area contributed by atoms with Crippen LogP contribution in [0.1, 0.15) is 44.1 Å². The highest BCUT2D eigenvalue weighted by molar-refractivity contribution is 5.31. The van der Waals surface area contributed by atoms with Crippen molar-refractivity contribution in [2.45, 2.75) is 49.5 Å². The van der Waals surface area contributed by atoms with Crippen molar-refractivity contribution in [1.29, 1.82) is 0 Å². The van der Waals surface area contributed by atoms with Gasteiger partial charge in [0.15, 0.2) is 0 Å². The first kappa shape index (κ1) is 11.9. The average molecular weight is 259 g/mol. The normalized spacial score (nSPS) is 43.7. The molecule has 1 nitrogen and oxygen atoms in total. The minimum Gasteiger partial charge on any atom is -0.314 e. The lowest BCUT2D eigenvalue weighted by atomic mass is 9.45. The summed E-state index contributed by atoms with van der Waals surface area (Å²) in [6.45, 7) is 0. The first-order chi connectivity index (χ1) is 9.13. The molecular formula is C17H22FN. The Morgan fingerprint density at radius 2 is 1.68 bits per heavy atom. The second kappa shape index (κ2) is 3.82. The summed E-state index contributed by atoms with van der Waals surface area (Å²) < 4.78 is 13.2. The van der Waals surface area contributed by atoms with E-state index < -0.39 is 0 Å². The Balaban J connectivity index is 1.76. The Kier molecular flexibility index (Phi) is 2.39. The molecule has 0 saturated heterocycles. The van der Waals surface area contributed by atoms with Gasteiger partial charge in [0, 0.05) is 5.54 Å². The van der Waals surface area contributed by atoms with E-state index in [9.17, 15) is 4.39 Å². The molecule has 0 radical (unpaired) electrons. The quantitative estimate of drug-likeness (QED) is 0.855. The average Bonchev–Trinajstić information content (AvgIpc) is 2.38. The summed E-state index contributed by atoms with van der Waals surface area (Å²) >= 11 is 0. The smallest absolute Gasteiger partial charge is 0.123 e. The molecule has 0 spiro atoms. The molecule has 4 bridgehead atoms. The number of hydrogen-bond acceptors (Lipinski definition) is 1. The number of nitrogens with one attached hydrogen (secondary N) is 1. The van der Waals surface area contributed by atoms with Crippen molar-refractivity contribution in [2.24, 2.45) is 11.8 Å². The largest absolute Gasteiger partial charge is 0.314 e. The van der Waals surface area contributed by atoms with Gasteiger partial charge < -0.3 is 5.32 Å². The number of benzene rings is 1. The fraction of sp³-hybridized carbons (Fsp3) is 0.647. The third kappa shape index (κ3) is 1.69. The molecule has 1 aromatic rings. The fourth-order valence-electron chi connectivity index (χ4n) is 5.70. The Morgan fingerprint density at radius 1 is 1.05 bits per heavy atom. The third-order valence-electron chi connectivity index (χ3n) is 6.05. The van der Waals surface area contributed by atoms with E-state index in [0.717, 1.165) is 11.8 Å². The Labute approximate surface area is 114 Å². The molecule has 0 heterocycles. The summed E-state index contributed by atoms with van der Waals surface area (Å²) in [6.07, 6.45) is 8.00. The highest BCUT2D eigenvalue weighted by Gasteiger charge is 2.57. The van der Waals surface area contributed by atoms with Crippen molar-refractivity contribution in [3.63, 3.8) is 0 Å². The summed E-state index contributed by atoms with van der Waals surface area (Å²) in [4.78, 5) is 0. The van der Waals surface area contributed by atoms with Gasteiger partial charge in [-0.3, -0.25) is 0 Å². The highest BCUT2D eigenvalue weighted by atomic mass is 19.1. The molecule has 4 aliphatic rings. The lowest BCUT2D eigenvalue weighted by molar-refractivity contribution is -0.0373. The van der Waals surface area contributed by atoms with E-state index in [4.69, 9.17) is 0 Å². The molecule has 2 atom stereocenters. The van der Waals surface area contributed by atoms with Crippen molar-refractivity contribution >= 4 is 0 Å². The van der Waals surface area contributed by atoms with Gasteiger partial charge in [0.25, 0.3) is 0 Å². The molecule has 4 saturated carbocycles. The van der Waals surface area contributed by atoms with Gasteiger partial charge in [0.05, 0.1) is 0 Å². The van der Waals surface area contributed by atoms with Gasteiger partial charge in [-0.15, -0.1) is 0 Å². The molecule has 2 heteroatoms. The molecule has 5 rings (SSSR count). The van der Waals surface area contributed by atoms with Crippen LogP contribution in [-0.2, 0) is 5.41 Å². The SMILES string of the molecule is CNC12CC3CC(C1)CC(c1ccc(F)cc1)(C3)C2. The second-order valence-corrected chi connectivity index (χ2v) is 7.28. The highest BCUT2D eigenvalue weighted by Crippen LogP contribution is 2.62. The van der Waals surface area contributed by atoms with E-state index in [1.54, 1.807) is 12.1 Å². The maximum absolute atomic E-state index is 13.2. The van der Waals surface area contributed by atoms with Gasteiger partial charge in [0.1, 0.15) is 5.82 Å². The van der Waals surface area contributed by atoms with Crippen LogP contribution in [-0.4, -0.2) is 12.6 Å². The molecule has 2 unspecified atom stereocenters. The molecule has 0 aromatic heterocycles. The van der Waals surface area contributed by atoms with Gasteiger partial charge in [-0.1, -0.05) is 12.1 Å². The molecule has 0 aliphatic heterocycles. The van der Waals surface area contributed by atoms with Crippen molar-refractivity contribution in [2.75, 3.05) is 7.05 Å². The van der Waals surface area contributed by atoms with Gasteiger partial charge >= 0.3 is 0 Å². The summed E-state index contributed by atoms with van der Waals surface area (Å²) in [6, 6.07) is 7.34. The monoisotopic (exact) mass is 259 g/mol. The Bertz CT molecular complexity index is 478. The molecule has 4 fully saturated rings. The van der Waals surface area contributed by atoms with E-state index >= 15 is 0 Å². The molecule has 0 amide bonds. The van der Waals surface area contributed by atoms with E-state index in [-0.39, 0.29) is 5.82 Å². The van der Waals surface area contributed by atoms with Crippen LogP contribution in [0.25, 0.3) is 0 Å². The van der Waals surface area contributed by atoms with Gasteiger partial charge in [0.2, 0.25) is 0 Å². The zero-order valence-electron chi connectivity index (χ0n) is 11.6. The van der Waals surface area contributed by atoms with Crippen LogP contribution in [0.4, 0.5) is 4.39 Å². The van der Waals surface area contributed by atoms with Crippen molar-refractivity contribution in [3.05, 3.63) is 35.6 Å². The zero-order chi connectivity index (χ0) is 13.1. The molecule has 1 N–H and O–H groups in total. The van der Waals surface area contributed by atoms with Crippen LogP contribution in [0.5, 0.6) is 0 Å².